The number of likely N-dealkylation sites (N-methyl/N-ethyl adjacent to an activating group) is 1. The third kappa shape index (κ3) is 3.56. The van der Waals surface area contributed by atoms with E-state index in [1.165, 1.54) is 25.0 Å². The molecule has 0 saturated carbocycles. The number of hydrogen-bond donors (Lipinski definition) is 1. The Morgan fingerprint density at radius 1 is 1.29 bits per heavy atom. The number of benzene rings is 1. The first kappa shape index (κ1) is 13.7. The fourth-order valence-electron chi connectivity index (χ4n) is 1.71. The van der Waals surface area contributed by atoms with Crippen LogP contribution in [0.5, 0.6) is 0 Å². The zero-order valence-corrected chi connectivity index (χ0v) is 11.2. The summed E-state index contributed by atoms with van der Waals surface area (Å²) in [6.07, 6.45) is 0. The number of carbonyl (C=O) groups excluding carboxylic acids is 1. The number of aryl methyl sites for hydroxylation is 2. The number of aliphatic hydroxyl groups is 1. The Hall–Kier alpha value is -1.35. The van der Waals surface area contributed by atoms with Crippen LogP contribution in [0.2, 0.25) is 0 Å². The average molecular weight is 235 g/mol. The van der Waals surface area contributed by atoms with E-state index in [1.807, 2.05) is 12.1 Å². The van der Waals surface area contributed by atoms with Gasteiger partial charge in [-0.15, -0.1) is 0 Å². The quantitative estimate of drug-likeness (QED) is 0.871. The Morgan fingerprint density at radius 2 is 1.88 bits per heavy atom. The summed E-state index contributed by atoms with van der Waals surface area (Å²) in [6.45, 7) is 7.64. The van der Waals surface area contributed by atoms with Crippen LogP contribution in [-0.4, -0.2) is 28.6 Å². The molecule has 3 nitrogen and oxygen atoms in total. The molecular formula is C14H21NO2. The van der Waals surface area contributed by atoms with Gasteiger partial charge in [-0.1, -0.05) is 18.2 Å². The highest BCUT2D eigenvalue weighted by Crippen LogP contribution is 2.13. The lowest BCUT2D eigenvalue weighted by Gasteiger charge is -2.25. The van der Waals surface area contributed by atoms with Crippen molar-refractivity contribution in [2.45, 2.75) is 39.8 Å². The molecule has 0 aliphatic rings. The van der Waals surface area contributed by atoms with Gasteiger partial charge in [0, 0.05) is 13.6 Å². The molecule has 94 valence electrons. The van der Waals surface area contributed by atoms with Gasteiger partial charge in [0.15, 0.2) is 0 Å². The van der Waals surface area contributed by atoms with Gasteiger partial charge in [0.1, 0.15) is 5.60 Å². The van der Waals surface area contributed by atoms with Crippen LogP contribution in [0.25, 0.3) is 0 Å². The SMILES string of the molecule is Cc1ccc(CN(C)C(=O)C(C)(C)O)cc1C. The molecule has 0 heterocycles. The summed E-state index contributed by atoms with van der Waals surface area (Å²) < 4.78 is 0. The summed E-state index contributed by atoms with van der Waals surface area (Å²) in [7, 11) is 1.70. The molecule has 1 N–H and O–H groups in total. The standard InChI is InChI=1S/C14H21NO2/c1-10-6-7-12(8-11(10)2)9-15(5)13(16)14(3,4)17/h6-8,17H,9H2,1-5H3. The van der Waals surface area contributed by atoms with Crippen LogP contribution in [0.15, 0.2) is 18.2 Å². The van der Waals surface area contributed by atoms with Crippen LogP contribution in [-0.2, 0) is 11.3 Å². The molecule has 0 aliphatic heterocycles. The molecule has 0 fully saturated rings. The van der Waals surface area contributed by atoms with Gasteiger partial charge in [-0.05, 0) is 44.4 Å². The lowest BCUT2D eigenvalue weighted by Crippen LogP contribution is -2.42. The van der Waals surface area contributed by atoms with Gasteiger partial charge >= 0.3 is 0 Å². The fraction of sp³-hybridized carbons (Fsp3) is 0.500. The molecule has 0 unspecified atom stereocenters. The van der Waals surface area contributed by atoms with Crippen molar-refractivity contribution in [2.75, 3.05) is 7.05 Å². The highest BCUT2D eigenvalue weighted by molar-refractivity contribution is 5.83. The molecule has 0 atom stereocenters. The van der Waals surface area contributed by atoms with Gasteiger partial charge in [0.25, 0.3) is 5.91 Å². The molecule has 0 aliphatic carbocycles. The van der Waals surface area contributed by atoms with Crippen molar-refractivity contribution in [3.8, 4) is 0 Å². The van der Waals surface area contributed by atoms with Crippen molar-refractivity contribution < 1.29 is 9.90 Å². The Kier molecular flexibility index (Phi) is 3.94. The van der Waals surface area contributed by atoms with Crippen molar-refractivity contribution in [3.05, 3.63) is 34.9 Å². The van der Waals surface area contributed by atoms with Crippen molar-refractivity contribution in [1.82, 2.24) is 4.90 Å². The van der Waals surface area contributed by atoms with Crippen molar-refractivity contribution in [2.24, 2.45) is 0 Å². The minimum absolute atomic E-state index is 0.268. The first-order valence-electron chi connectivity index (χ1n) is 5.76. The highest BCUT2D eigenvalue weighted by Gasteiger charge is 2.27. The summed E-state index contributed by atoms with van der Waals surface area (Å²) in [5.41, 5.74) is 2.22. The zero-order valence-electron chi connectivity index (χ0n) is 11.2. The molecule has 1 aromatic carbocycles. The fourth-order valence-corrected chi connectivity index (χ4v) is 1.71. The molecular weight excluding hydrogens is 214 g/mol. The summed E-state index contributed by atoms with van der Waals surface area (Å²) in [4.78, 5) is 13.3. The molecule has 0 bridgehead atoms. The Labute approximate surface area is 103 Å². The normalized spacial score (nSPS) is 11.4. The van der Waals surface area contributed by atoms with E-state index < -0.39 is 5.60 Å². The lowest BCUT2D eigenvalue weighted by atomic mass is 10.0. The molecule has 1 amide bonds. The number of carbonyl (C=O) groups is 1. The minimum Gasteiger partial charge on any atom is -0.381 e. The van der Waals surface area contributed by atoms with E-state index in [9.17, 15) is 9.90 Å². The smallest absolute Gasteiger partial charge is 0.253 e. The largest absolute Gasteiger partial charge is 0.381 e. The molecule has 0 spiro atoms. The van der Waals surface area contributed by atoms with E-state index in [1.54, 1.807) is 11.9 Å². The first-order valence-corrected chi connectivity index (χ1v) is 5.76. The predicted molar refractivity (Wildman–Crippen MR) is 68.7 cm³/mol. The van der Waals surface area contributed by atoms with E-state index >= 15 is 0 Å². The second-order valence-electron chi connectivity index (χ2n) is 5.14. The van der Waals surface area contributed by atoms with E-state index in [0.29, 0.717) is 6.54 Å². The molecule has 1 rings (SSSR count). The van der Waals surface area contributed by atoms with Crippen LogP contribution in [0.3, 0.4) is 0 Å². The Bertz CT molecular complexity index is 419. The highest BCUT2D eigenvalue weighted by atomic mass is 16.3. The zero-order chi connectivity index (χ0) is 13.2. The van der Waals surface area contributed by atoms with E-state index in [4.69, 9.17) is 0 Å². The van der Waals surface area contributed by atoms with E-state index in [2.05, 4.69) is 19.9 Å². The summed E-state index contributed by atoms with van der Waals surface area (Å²) in [5.74, 6) is -0.268. The predicted octanol–water partition coefficient (Wildman–Crippen LogP) is 2.03. The molecule has 17 heavy (non-hydrogen) atoms. The molecule has 0 radical (unpaired) electrons. The maximum Gasteiger partial charge on any atom is 0.253 e. The first-order chi connectivity index (χ1) is 7.71. The summed E-state index contributed by atoms with van der Waals surface area (Å²) in [5, 5.41) is 9.64. The number of hydrogen-bond acceptors (Lipinski definition) is 2. The van der Waals surface area contributed by atoms with Crippen LogP contribution in [0.4, 0.5) is 0 Å². The van der Waals surface area contributed by atoms with Crippen LogP contribution in [0.1, 0.15) is 30.5 Å². The maximum atomic E-state index is 11.8. The van der Waals surface area contributed by atoms with Gasteiger partial charge in [0.05, 0.1) is 0 Å². The van der Waals surface area contributed by atoms with Gasteiger partial charge in [0.2, 0.25) is 0 Å². The topological polar surface area (TPSA) is 40.5 Å². The van der Waals surface area contributed by atoms with Crippen LogP contribution < -0.4 is 0 Å². The minimum atomic E-state index is -1.31. The summed E-state index contributed by atoms with van der Waals surface area (Å²) in [6, 6.07) is 6.13. The van der Waals surface area contributed by atoms with Crippen LogP contribution >= 0.6 is 0 Å². The monoisotopic (exact) mass is 235 g/mol. The third-order valence-corrected chi connectivity index (χ3v) is 2.86. The third-order valence-electron chi connectivity index (χ3n) is 2.86. The van der Waals surface area contributed by atoms with Crippen molar-refractivity contribution >= 4 is 5.91 Å². The second kappa shape index (κ2) is 4.88. The number of amides is 1. The number of nitrogens with zero attached hydrogens (tertiary/aromatic N) is 1. The second-order valence-corrected chi connectivity index (χ2v) is 5.14. The van der Waals surface area contributed by atoms with Crippen molar-refractivity contribution in [1.29, 1.82) is 0 Å². The Morgan fingerprint density at radius 3 is 2.35 bits per heavy atom. The van der Waals surface area contributed by atoms with Gasteiger partial charge in [-0.25, -0.2) is 0 Å². The van der Waals surface area contributed by atoms with Gasteiger partial charge in [-0.3, -0.25) is 4.79 Å². The van der Waals surface area contributed by atoms with Crippen LogP contribution in [0, 0.1) is 13.8 Å². The Balaban J connectivity index is 2.78. The van der Waals surface area contributed by atoms with Crippen molar-refractivity contribution in [3.63, 3.8) is 0 Å². The summed E-state index contributed by atoms with van der Waals surface area (Å²) >= 11 is 0. The van der Waals surface area contributed by atoms with Gasteiger partial charge in [-0.2, -0.15) is 0 Å². The average Bonchev–Trinajstić information content (AvgIpc) is 2.21. The maximum absolute atomic E-state index is 11.8. The lowest BCUT2D eigenvalue weighted by molar-refractivity contribution is -0.146. The molecule has 0 saturated heterocycles. The molecule has 3 heteroatoms. The number of rotatable bonds is 3. The molecule has 1 aromatic rings. The van der Waals surface area contributed by atoms with E-state index in [-0.39, 0.29) is 5.91 Å². The van der Waals surface area contributed by atoms with Gasteiger partial charge < -0.3 is 10.0 Å². The molecule has 0 aromatic heterocycles. The van der Waals surface area contributed by atoms with E-state index in [0.717, 1.165) is 5.56 Å².